The van der Waals surface area contributed by atoms with Gasteiger partial charge >= 0.3 is 0 Å². The summed E-state index contributed by atoms with van der Waals surface area (Å²) in [5.74, 6) is -1.04. The van der Waals surface area contributed by atoms with Crippen LogP contribution in [0, 0.1) is 0 Å². The van der Waals surface area contributed by atoms with Crippen LogP contribution < -0.4 is 5.73 Å². The highest BCUT2D eigenvalue weighted by Crippen LogP contribution is 2.06. The molecule has 0 fully saturated rings. The van der Waals surface area contributed by atoms with Gasteiger partial charge < -0.3 is 5.73 Å². The number of carbonyl (C=O) groups excluding carboxylic acids is 1. The largest absolute Gasteiger partial charge is 0.368 e. The molecular weight excluding hydrogens is 182 g/mol. The fraction of sp³-hybridized carbons (Fsp3) is 0.500. The van der Waals surface area contributed by atoms with Gasteiger partial charge in [0.1, 0.15) is 0 Å². The second-order valence-electron chi connectivity index (χ2n) is 2.27. The Morgan fingerprint density at radius 3 is 2.42 bits per heavy atom. The summed E-state index contributed by atoms with van der Waals surface area (Å²) in [6.07, 6.45) is 1.73. The minimum atomic E-state index is -4.36. The van der Waals surface area contributed by atoms with Crippen LogP contribution in [0.15, 0.2) is 12.7 Å². The van der Waals surface area contributed by atoms with Gasteiger partial charge in [0.25, 0.3) is 10.1 Å². The Bertz CT molecular complexity index is 269. The number of allylic oxidation sites excluding steroid dienone is 1. The van der Waals surface area contributed by atoms with Gasteiger partial charge in [-0.1, -0.05) is 6.08 Å². The summed E-state index contributed by atoms with van der Waals surface area (Å²) < 4.78 is 29.5. The zero-order chi connectivity index (χ0) is 9.78. The summed E-state index contributed by atoms with van der Waals surface area (Å²) in [4.78, 5) is 10.5. The van der Waals surface area contributed by atoms with E-state index in [1.54, 1.807) is 0 Å². The van der Waals surface area contributed by atoms with Crippen molar-refractivity contribution in [1.29, 1.82) is 0 Å². The van der Waals surface area contributed by atoms with Crippen molar-refractivity contribution >= 4 is 16.0 Å². The maximum absolute atomic E-state index is 10.5. The Labute approximate surface area is 71.0 Å². The molecule has 0 aromatic rings. The van der Waals surface area contributed by atoms with Crippen LogP contribution >= 0.6 is 0 Å². The molecule has 0 saturated carbocycles. The van der Waals surface area contributed by atoms with Crippen molar-refractivity contribution in [2.24, 2.45) is 5.73 Å². The fourth-order valence-corrected chi connectivity index (χ4v) is 1.43. The molecule has 70 valence electrons. The van der Waals surface area contributed by atoms with Crippen molar-refractivity contribution in [1.82, 2.24) is 0 Å². The number of rotatable bonds is 5. The predicted octanol–water partition coefficient (Wildman–Crippen LogP) is -0.306. The average Bonchev–Trinajstić information content (AvgIpc) is 1.84. The number of primary amides is 1. The highest BCUT2D eigenvalue weighted by atomic mass is 32.2. The van der Waals surface area contributed by atoms with Crippen LogP contribution in [0.25, 0.3) is 0 Å². The highest BCUT2D eigenvalue weighted by Gasteiger charge is 2.27. The number of amides is 1. The molecule has 12 heavy (non-hydrogen) atoms. The van der Waals surface area contributed by atoms with Gasteiger partial charge in [-0.3, -0.25) is 9.35 Å². The summed E-state index contributed by atoms with van der Waals surface area (Å²) in [6, 6.07) is 0. The van der Waals surface area contributed by atoms with Crippen LogP contribution in [-0.4, -0.2) is 24.1 Å². The SMILES string of the molecule is C=CCCC(C(N)=O)S(=O)(=O)O. The normalized spacial score (nSPS) is 13.8. The summed E-state index contributed by atoms with van der Waals surface area (Å²) in [5, 5.41) is -1.52. The maximum atomic E-state index is 10.5. The van der Waals surface area contributed by atoms with E-state index in [1.807, 2.05) is 0 Å². The minimum absolute atomic E-state index is 0.0301. The molecule has 1 amide bonds. The molecule has 1 unspecified atom stereocenters. The lowest BCUT2D eigenvalue weighted by Gasteiger charge is -2.07. The molecule has 6 heteroatoms. The van der Waals surface area contributed by atoms with Gasteiger partial charge in [0.05, 0.1) is 0 Å². The van der Waals surface area contributed by atoms with E-state index in [9.17, 15) is 13.2 Å². The molecule has 0 rings (SSSR count). The lowest BCUT2D eigenvalue weighted by atomic mass is 10.2. The third-order valence-electron chi connectivity index (χ3n) is 1.31. The number of carbonyl (C=O) groups is 1. The average molecular weight is 193 g/mol. The summed E-state index contributed by atoms with van der Waals surface area (Å²) in [6.45, 7) is 3.35. The minimum Gasteiger partial charge on any atom is -0.368 e. The molecule has 0 bridgehead atoms. The highest BCUT2D eigenvalue weighted by molar-refractivity contribution is 7.87. The molecule has 0 aromatic heterocycles. The second-order valence-corrected chi connectivity index (χ2v) is 3.87. The van der Waals surface area contributed by atoms with Gasteiger partial charge in [0.2, 0.25) is 5.91 Å². The molecule has 1 atom stereocenters. The zero-order valence-corrected chi connectivity index (χ0v) is 7.25. The summed E-state index contributed by atoms with van der Waals surface area (Å²) in [7, 11) is -4.36. The van der Waals surface area contributed by atoms with Gasteiger partial charge in [-0.15, -0.1) is 6.58 Å². The van der Waals surface area contributed by atoms with Crippen molar-refractivity contribution in [3.63, 3.8) is 0 Å². The second kappa shape index (κ2) is 4.22. The third-order valence-corrected chi connectivity index (χ3v) is 2.50. The van der Waals surface area contributed by atoms with E-state index in [2.05, 4.69) is 6.58 Å². The number of hydrogen-bond acceptors (Lipinski definition) is 3. The Balaban J connectivity index is 4.46. The first kappa shape index (κ1) is 11.1. The lowest BCUT2D eigenvalue weighted by Crippen LogP contribution is -2.35. The zero-order valence-electron chi connectivity index (χ0n) is 6.43. The third kappa shape index (κ3) is 3.49. The summed E-state index contributed by atoms with van der Waals surface area (Å²) >= 11 is 0. The number of hydrogen-bond donors (Lipinski definition) is 2. The van der Waals surface area contributed by atoms with Gasteiger partial charge in [-0.2, -0.15) is 8.42 Å². The molecule has 0 aliphatic carbocycles. The first-order valence-corrected chi connectivity index (χ1v) is 4.76. The van der Waals surface area contributed by atoms with E-state index < -0.39 is 21.3 Å². The van der Waals surface area contributed by atoms with Gasteiger partial charge in [0.15, 0.2) is 5.25 Å². The van der Waals surface area contributed by atoms with Crippen molar-refractivity contribution in [2.75, 3.05) is 0 Å². The first-order chi connectivity index (χ1) is 5.39. The monoisotopic (exact) mass is 193 g/mol. The molecular formula is C6H11NO4S. The molecule has 3 N–H and O–H groups in total. The van der Waals surface area contributed by atoms with Crippen molar-refractivity contribution in [3.05, 3.63) is 12.7 Å². The van der Waals surface area contributed by atoms with E-state index in [-0.39, 0.29) is 6.42 Å². The quantitative estimate of drug-likeness (QED) is 0.462. The molecule has 0 heterocycles. The van der Waals surface area contributed by atoms with Gasteiger partial charge in [-0.25, -0.2) is 0 Å². The molecule has 0 saturated heterocycles. The molecule has 0 aromatic carbocycles. The fourth-order valence-electron chi connectivity index (χ4n) is 0.707. The van der Waals surface area contributed by atoms with Crippen LogP contribution in [0.3, 0.4) is 0 Å². The first-order valence-electron chi connectivity index (χ1n) is 3.26. The van der Waals surface area contributed by atoms with Crippen LogP contribution in [0.5, 0.6) is 0 Å². The standard InChI is InChI=1S/C6H11NO4S/c1-2-3-4-5(6(7)8)12(9,10)11/h2,5H,1,3-4H2,(H2,7,8)(H,9,10,11). The Morgan fingerprint density at radius 1 is 1.67 bits per heavy atom. The van der Waals surface area contributed by atoms with E-state index in [0.29, 0.717) is 6.42 Å². The molecule has 0 radical (unpaired) electrons. The molecule has 5 nitrogen and oxygen atoms in total. The predicted molar refractivity (Wildman–Crippen MR) is 44.0 cm³/mol. The number of nitrogens with two attached hydrogens (primary N) is 1. The van der Waals surface area contributed by atoms with E-state index >= 15 is 0 Å². The van der Waals surface area contributed by atoms with E-state index in [4.69, 9.17) is 10.3 Å². The smallest absolute Gasteiger partial charge is 0.276 e. The van der Waals surface area contributed by atoms with Crippen LogP contribution in [0.2, 0.25) is 0 Å². The van der Waals surface area contributed by atoms with Gasteiger partial charge in [-0.05, 0) is 12.8 Å². The maximum Gasteiger partial charge on any atom is 0.276 e. The van der Waals surface area contributed by atoms with Crippen molar-refractivity contribution in [2.45, 2.75) is 18.1 Å². The molecule has 0 aliphatic rings. The Kier molecular flexibility index (Phi) is 3.91. The lowest BCUT2D eigenvalue weighted by molar-refractivity contribution is -0.117. The molecule has 0 aliphatic heterocycles. The van der Waals surface area contributed by atoms with Crippen LogP contribution in [-0.2, 0) is 14.9 Å². The Hall–Kier alpha value is -0.880. The van der Waals surface area contributed by atoms with E-state index in [0.717, 1.165) is 0 Å². The van der Waals surface area contributed by atoms with Crippen molar-refractivity contribution in [3.8, 4) is 0 Å². The van der Waals surface area contributed by atoms with Crippen LogP contribution in [0.4, 0.5) is 0 Å². The van der Waals surface area contributed by atoms with Gasteiger partial charge in [0, 0.05) is 0 Å². The van der Waals surface area contributed by atoms with E-state index in [1.165, 1.54) is 6.08 Å². The van der Waals surface area contributed by atoms with Crippen LogP contribution in [0.1, 0.15) is 12.8 Å². The topological polar surface area (TPSA) is 97.5 Å². The van der Waals surface area contributed by atoms with Crippen molar-refractivity contribution < 1.29 is 17.8 Å². The summed E-state index contributed by atoms with van der Waals surface area (Å²) in [5.41, 5.74) is 4.75. The Morgan fingerprint density at radius 2 is 2.17 bits per heavy atom. The molecule has 0 spiro atoms.